The molecule has 1 N–H and O–H groups in total. The lowest BCUT2D eigenvalue weighted by atomic mass is 9.98. The van der Waals surface area contributed by atoms with Gasteiger partial charge in [0.05, 0.1) is 11.7 Å². The third-order valence-corrected chi connectivity index (χ3v) is 6.69. The van der Waals surface area contributed by atoms with Crippen LogP contribution < -0.4 is 10.1 Å². The number of nitrogens with zero attached hydrogens (tertiary/aromatic N) is 3. The Kier molecular flexibility index (Phi) is 5.19. The fourth-order valence-electron chi connectivity index (χ4n) is 4.69. The summed E-state index contributed by atoms with van der Waals surface area (Å²) in [5.41, 5.74) is 8.32. The van der Waals surface area contributed by atoms with E-state index in [1.165, 1.54) is 35.2 Å². The predicted octanol–water partition coefficient (Wildman–Crippen LogP) is 5.73. The highest BCUT2D eigenvalue weighted by Gasteiger charge is 2.26. The summed E-state index contributed by atoms with van der Waals surface area (Å²) < 4.78 is 8.26. The van der Waals surface area contributed by atoms with Gasteiger partial charge in [-0.25, -0.2) is 0 Å². The lowest BCUT2D eigenvalue weighted by Gasteiger charge is -2.22. The number of ether oxygens (including phenoxy) is 1. The molecule has 1 saturated carbocycles. The average molecular weight is 437 g/mol. The second-order valence-electron chi connectivity index (χ2n) is 9.16. The minimum atomic E-state index is 0.317. The number of rotatable bonds is 6. The van der Waals surface area contributed by atoms with Crippen molar-refractivity contribution in [3.8, 4) is 28.1 Å². The quantitative estimate of drug-likeness (QED) is 0.419. The van der Waals surface area contributed by atoms with Gasteiger partial charge in [-0.15, -0.1) is 0 Å². The van der Waals surface area contributed by atoms with E-state index in [0.717, 1.165) is 41.6 Å². The zero-order chi connectivity index (χ0) is 22.2. The van der Waals surface area contributed by atoms with Gasteiger partial charge in [0.1, 0.15) is 18.1 Å². The van der Waals surface area contributed by atoms with Gasteiger partial charge in [-0.05, 0) is 66.6 Å². The summed E-state index contributed by atoms with van der Waals surface area (Å²) in [5.74, 6) is 1.67. The minimum absolute atomic E-state index is 0.317. The maximum absolute atomic E-state index is 6.08. The van der Waals surface area contributed by atoms with Crippen LogP contribution in [0.15, 0.2) is 73.1 Å². The summed E-state index contributed by atoms with van der Waals surface area (Å²) in [6, 6.07) is 21.7. The van der Waals surface area contributed by atoms with Gasteiger partial charge in [-0.2, -0.15) is 5.10 Å². The van der Waals surface area contributed by atoms with Crippen LogP contribution in [0.5, 0.6) is 5.75 Å². The highest BCUT2D eigenvalue weighted by atomic mass is 16.5. The number of pyridine rings is 1. The van der Waals surface area contributed by atoms with Gasteiger partial charge in [0, 0.05) is 36.6 Å². The second kappa shape index (κ2) is 8.49. The molecule has 1 unspecified atom stereocenters. The normalized spacial score (nSPS) is 17.5. The zero-order valence-corrected chi connectivity index (χ0v) is 18.9. The highest BCUT2D eigenvalue weighted by Crippen LogP contribution is 2.40. The molecule has 5 nitrogen and oxygen atoms in total. The minimum Gasteiger partial charge on any atom is -0.489 e. The van der Waals surface area contributed by atoms with Crippen molar-refractivity contribution in [1.29, 1.82) is 0 Å². The van der Waals surface area contributed by atoms with Crippen LogP contribution >= 0.6 is 0 Å². The van der Waals surface area contributed by atoms with Crippen molar-refractivity contribution in [2.24, 2.45) is 0 Å². The first-order valence-electron chi connectivity index (χ1n) is 11.8. The molecule has 4 aromatic rings. The molecule has 0 bridgehead atoms. The molecule has 33 heavy (non-hydrogen) atoms. The second-order valence-corrected chi connectivity index (χ2v) is 9.16. The summed E-state index contributed by atoms with van der Waals surface area (Å²) in [7, 11) is 0. The fraction of sp³-hybridized carbons (Fsp3) is 0.286. The van der Waals surface area contributed by atoms with Crippen molar-refractivity contribution in [3.63, 3.8) is 0 Å². The van der Waals surface area contributed by atoms with E-state index in [-0.39, 0.29) is 0 Å². The van der Waals surface area contributed by atoms with Crippen LogP contribution in [0, 0.1) is 0 Å². The third-order valence-electron chi connectivity index (χ3n) is 6.69. The molecule has 1 aliphatic heterocycles. The van der Waals surface area contributed by atoms with E-state index >= 15 is 0 Å². The van der Waals surface area contributed by atoms with Gasteiger partial charge in [0.2, 0.25) is 0 Å². The molecule has 3 heterocycles. The van der Waals surface area contributed by atoms with Crippen molar-refractivity contribution in [3.05, 3.63) is 89.9 Å². The van der Waals surface area contributed by atoms with Crippen LogP contribution in [0.2, 0.25) is 0 Å². The SMILES string of the molecule is CC1CNCc2c(-c3ccc(OCc4ccc(C5CC5)cc4)cc3)c(-c3ccncc3)nn21. The van der Waals surface area contributed by atoms with Crippen LogP contribution in [-0.4, -0.2) is 21.3 Å². The fourth-order valence-corrected chi connectivity index (χ4v) is 4.69. The van der Waals surface area contributed by atoms with Crippen molar-refractivity contribution >= 4 is 0 Å². The smallest absolute Gasteiger partial charge is 0.119 e. The molecule has 2 aliphatic rings. The van der Waals surface area contributed by atoms with E-state index in [1.807, 2.05) is 24.5 Å². The molecule has 1 atom stereocenters. The first kappa shape index (κ1) is 20.2. The number of hydrogen-bond donors (Lipinski definition) is 1. The topological polar surface area (TPSA) is 52.0 Å². The van der Waals surface area contributed by atoms with Crippen LogP contribution in [0.3, 0.4) is 0 Å². The summed E-state index contributed by atoms with van der Waals surface area (Å²) in [5, 5.41) is 8.55. The summed E-state index contributed by atoms with van der Waals surface area (Å²) >= 11 is 0. The predicted molar refractivity (Wildman–Crippen MR) is 130 cm³/mol. The lowest BCUT2D eigenvalue weighted by Crippen LogP contribution is -2.32. The Morgan fingerprint density at radius 3 is 2.42 bits per heavy atom. The van der Waals surface area contributed by atoms with Gasteiger partial charge in [-0.3, -0.25) is 9.67 Å². The monoisotopic (exact) mass is 436 g/mol. The molecule has 2 aromatic carbocycles. The number of benzene rings is 2. The van der Waals surface area contributed by atoms with Crippen LogP contribution in [0.25, 0.3) is 22.4 Å². The van der Waals surface area contributed by atoms with Crippen molar-refractivity contribution < 1.29 is 4.74 Å². The summed E-state index contributed by atoms with van der Waals surface area (Å²) in [6.45, 7) is 4.53. The summed E-state index contributed by atoms with van der Waals surface area (Å²) in [6.07, 6.45) is 6.32. The molecule has 1 aliphatic carbocycles. The Hall–Kier alpha value is -3.44. The average Bonchev–Trinajstić information content (AvgIpc) is 3.64. The van der Waals surface area contributed by atoms with Crippen molar-refractivity contribution in [2.75, 3.05) is 6.54 Å². The molecular formula is C28H28N4O. The van der Waals surface area contributed by atoms with Gasteiger partial charge in [0.15, 0.2) is 0 Å². The summed E-state index contributed by atoms with van der Waals surface area (Å²) in [4.78, 5) is 4.18. The molecule has 1 fully saturated rings. The maximum atomic E-state index is 6.08. The Morgan fingerprint density at radius 1 is 0.939 bits per heavy atom. The molecule has 5 heteroatoms. The van der Waals surface area contributed by atoms with E-state index in [4.69, 9.17) is 9.84 Å². The molecule has 6 rings (SSSR count). The van der Waals surface area contributed by atoms with Crippen molar-refractivity contribution in [2.45, 2.75) is 44.9 Å². The number of fused-ring (bicyclic) bond motifs is 1. The molecule has 0 radical (unpaired) electrons. The Labute approximate surface area is 194 Å². The first-order chi connectivity index (χ1) is 16.3. The molecule has 166 valence electrons. The Morgan fingerprint density at radius 2 is 1.70 bits per heavy atom. The molecule has 0 saturated heterocycles. The lowest BCUT2D eigenvalue weighted by molar-refractivity contribution is 0.306. The molecule has 0 amide bonds. The van der Waals surface area contributed by atoms with E-state index in [2.05, 4.69) is 70.4 Å². The van der Waals surface area contributed by atoms with E-state index in [9.17, 15) is 0 Å². The Bertz CT molecular complexity index is 1240. The maximum Gasteiger partial charge on any atom is 0.119 e. The van der Waals surface area contributed by atoms with Crippen LogP contribution in [0.4, 0.5) is 0 Å². The number of hydrogen-bond acceptors (Lipinski definition) is 4. The third kappa shape index (κ3) is 4.05. The Balaban J connectivity index is 1.26. The van der Waals surface area contributed by atoms with Crippen LogP contribution in [0.1, 0.15) is 48.5 Å². The van der Waals surface area contributed by atoms with Gasteiger partial charge < -0.3 is 10.1 Å². The number of nitrogens with one attached hydrogen (secondary N) is 1. The van der Waals surface area contributed by atoms with Gasteiger partial charge in [-0.1, -0.05) is 36.4 Å². The van der Waals surface area contributed by atoms with E-state index < -0.39 is 0 Å². The highest BCUT2D eigenvalue weighted by molar-refractivity contribution is 5.83. The number of aromatic nitrogens is 3. The van der Waals surface area contributed by atoms with Gasteiger partial charge in [0.25, 0.3) is 0 Å². The van der Waals surface area contributed by atoms with Gasteiger partial charge >= 0.3 is 0 Å². The standard InChI is InChI=1S/C28H28N4O/c1-19-16-30-17-26-27(28(31-32(19)26)24-12-14-29-15-13-24)23-8-10-25(11-9-23)33-18-20-2-4-21(5-3-20)22-6-7-22/h2-5,8-15,19,22,30H,6-7,16-18H2,1H3. The molecular weight excluding hydrogens is 408 g/mol. The first-order valence-corrected chi connectivity index (χ1v) is 11.8. The van der Waals surface area contributed by atoms with E-state index in [0.29, 0.717) is 12.6 Å². The largest absolute Gasteiger partial charge is 0.489 e. The molecule has 2 aromatic heterocycles. The van der Waals surface area contributed by atoms with E-state index in [1.54, 1.807) is 0 Å². The zero-order valence-electron chi connectivity index (χ0n) is 18.9. The van der Waals surface area contributed by atoms with Crippen molar-refractivity contribution in [1.82, 2.24) is 20.1 Å². The molecule has 0 spiro atoms. The van der Waals surface area contributed by atoms with Crippen LogP contribution in [-0.2, 0) is 13.2 Å².